The summed E-state index contributed by atoms with van der Waals surface area (Å²) in [6, 6.07) is 9.50. The molecule has 0 aliphatic carbocycles. The highest BCUT2D eigenvalue weighted by atomic mass is 32.2. The van der Waals surface area contributed by atoms with Crippen LogP contribution in [0.5, 0.6) is 0 Å². The van der Waals surface area contributed by atoms with Crippen LogP contribution in [0.3, 0.4) is 0 Å². The van der Waals surface area contributed by atoms with Gasteiger partial charge in [0.15, 0.2) is 10.7 Å². The first-order chi connectivity index (χ1) is 15.3. The number of halogens is 1. The number of anilines is 1. The van der Waals surface area contributed by atoms with Crippen LogP contribution in [0.4, 0.5) is 10.1 Å². The molecule has 0 spiro atoms. The second-order valence-electron chi connectivity index (χ2n) is 7.49. The van der Waals surface area contributed by atoms with E-state index in [1.54, 1.807) is 25.1 Å². The summed E-state index contributed by atoms with van der Waals surface area (Å²) in [5.74, 6) is -0.849. The minimum atomic E-state index is -3.84. The maximum atomic E-state index is 13.3. The summed E-state index contributed by atoms with van der Waals surface area (Å²) in [4.78, 5) is 13.5. The molecule has 1 aromatic carbocycles. The topological polar surface area (TPSA) is 92.5 Å². The standard InChI is InChI=1S/C22H22FN3O4S2/c1-15-21(20(30-25-15)8-7-19-6-3-13-31-19)32(28,29)26-11-9-16(10-12-26)22(27)24-18-5-2-4-17(23)14-18/h2-8,13-14,16H,9-12H2,1H3,(H,24,27). The molecule has 1 aliphatic heterocycles. The number of thiophene rings is 1. The van der Waals surface area contributed by atoms with Gasteiger partial charge in [-0.15, -0.1) is 11.3 Å². The molecular formula is C22H22FN3O4S2. The van der Waals surface area contributed by atoms with Gasteiger partial charge in [-0.25, -0.2) is 12.8 Å². The van der Waals surface area contributed by atoms with E-state index < -0.39 is 15.8 Å². The third-order valence-corrected chi connectivity index (χ3v) is 8.19. The summed E-state index contributed by atoms with van der Waals surface area (Å²) < 4.78 is 46.6. The summed E-state index contributed by atoms with van der Waals surface area (Å²) >= 11 is 1.53. The van der Waals surface area contributed by atoms with Gasteiger partial charge < -0.3 is 9.84 Å². The molecule has 10 heteroatoms. The number of hydrogen-bond acceptors (Lipinski definition) is 6. The lowest BCUT2D eigenvalue weighted by molar-refractivity contribution is -0.120. The van der Waals surface area contributed by atoms with Gasteiger partial charge in [0.05, 0.1) is 0 Å². The Morgan fingerprint density at radius 2 is 2.03 bits per heavy atom. The summed E-state index contributed by atoms with van der Waals surface area (Å²) in [5, 5.41) is 8.48. The molecule has 1 amide bonds. The lowest BCUT2D eigenvalue weighted by Gasteiger charge is -2.30. The number of sulfonamides is 1. The van der Waals surface area contributed by atoms with Gasteiger partial charge in [0, 0.05) is 29.6 Å². The van der Waals surface area contributed by atoms with E-state index in [-0.39, 0.29) is 35.6 Å². The molecule has 3 aromatic rings. The number of rotatable bonds is 6. The van der Waals surface area contributed by atoms with Crippen molar-refractivity contribution in [3.8, 4) is 0 Å². The second kappa shape index (κ2) is 9.35. The Hall–Kier alpha value is -2.82. The van der Waals surface area contributed by atoms with Gasteiger partial charge in [-0.2, -0.15) is 4.31 Å². The molecule has 0 unspecified atom stereocenters. The predicted molar refractivity (Wildman–Crippen MR) is 121 cm³/mol. The first kappa shape index (κ1) is 22.4. The Labute approximate surface area is 189 Å². The zero-order chi connectivity index (χ0) is 22.7. The van der Waals surface area contributed by atoms with Gasteiger partial charge >= 0.3 is 0 Å². The molecule has 1 aliphatic rings. The van der Waals surface area contributed by atoms with Gasteiger partial charge in [-0.1, -0.05) is 17.3 Å². The summed E-state index contributed by atoms with van der Waals surface area (Å²) in [5.41, 5.74) is 0.675. The van der Waals surface area contributed by atoms with Crippen molar-refractivity contribution in [2.24, 2.45) is 5.92 Å². The molecule has 168 valence electrons. The monoisotopic (exact) mass is 475 g/mol. The van der Waals surface area contributed by atoms with E-state index >= 15 is 0 Å². The van der Waals surface area contributed by atoms with Crippen LogP contribution in [0, 0.1) is 18.7 Å². The highest BCUT2D eigenvalue weighted by Crippen LogP contribution is 2.30. The Balaban J connectivity index is 1.44. The van der Waals surface area contributed by atoms with E-state index in [0.717, 1.165) is 4.88 Å². The molecule has 0 bridgehead atoms. The van der Waals surface area contributed by atoms with E-state index in [1.807, 2.05) is 17.5 Å². The van der Waals surface area contributed by atoms with Gasteiger partial charge in [0.2, 0.25) is 15.9 Å². The second-order valence-corrected chi connectivity index (χ2v) is 10.3. The van der Waals surface area contributed by atoms with Crippen molar-refractivity contribution < 1.29 is 22.1 Å². The number of piperidine rings is 1. The first-order valence-electron chi connectivity index (χ1n) is 10.1. The lowest BCUT2D eigenvalue weighted by Crippen LogP contribution is -2.41. The number of nitrogens with one attached hydrogen (secondary N) is 1. The number of aryl methyl sites for hydroxylation is 1. The molecule has 3 heterocycles. The zero-order valence-corrected chi connectivity index (χ0v) is 19.0. The van der Waals surface area contributed by atoms with Crippen molar-refractivity contribution >= 4 is 45.1 Å². The summed E-state index contributed by atoms with van der Waals surface area (Å²) in [6.45, 7) is 1.99. The number of carbonyl (C=O) groups excluding carboxylic acids is 1. The normalized spacial score (nSPS) is 15.9. The summed E-state index contributed by atoms with van der Waals surface area (Å²) in [7, 11) is -3.84. The van der Waals surface area contributed by atoms with Crippen molar-refractivity contribution in [2.75, 3.05) is 18.4 Å². The van der Waals surface area contributed by atoms with Crippen LogP contribution in [-0.2, 0) is 14.8 Å². The maximum Gasteiger partial charge on any atom is 0.248 e. The van der Waals surface area contributed by atoms with Crippen molar-refractivity contribution in [3.63, 3.8) is 0 Å². The number of benzene rings is 1. The molecule has 0 radical (unpaired) electrons. The fourth-order valence-electron chi connectivity index (χ4n) is 3.64. The van der Waals surface area contributed by atoms with E-state index in [4.69, 9.17) is 4.52 Å². The molecule has 4 rings (SSSR count). The fourth-order valence-corrected chi connectivity index (χ4v) is 5.98. The zero-order valence-electron chi connectivity index (χ0n) is 17.3. The van der Waals surface area contributed by atoms with Crippen LogP contribution in [0.25, 0.3) is 12.2 Å². The quantitative estimate of drug-likeness (QED) is 0.571. The predicted octanol–water partition coefficient (Wildman–Crippen LogP) is 4.39. The van der Waals surface area contributed by atoms with E-state index in [0.29, 0.717) is 24.2 Å². The van der Waals surface area contributed by atoms with Crippen LogP contribution in [-0.4, -0.2) is 36.9 Å². The van der Waals surface area contributed by atoms with Crippen molar-refractivity contribution in [2.45, 2.75) is 24.7 Å². The number of aromatic nitrogens is 1. The maximum absolute atomic E-state index is 13.3. The minimum Gasteiger partial charge on any atom is -0.355 e. The van der Waals surface area contributed by atoms with Gasteiger partial charge in [0.25, 0.3) is 0 Å². The van der Waals surface area contributed by atoms with Crippen LogP contribution < -0.4 is 5.32 Å². The van der Waals surface area contributed by atoms with Gasteiger partial charge in [-0.05, 0) is 61.6 Å². The fraction of sp³-hybridized carbons (Fsp3) is 0.273. The van der Waals surface area contributed by atoms with Crippen molar-refractivity contribution in [1.82, 2.24) is 9.46 Å². The Morgan fingerprint density at radius 3 is 2.72 bits per heavy atom. The molecule has 0 atom stereocenters. The van der Waals surface area contributed by atoms with E-state index in [2.05, 4.69) is 10.5 Å². The smallest absolute Gasteiger partial charge is 0.248 e. The highest BCUT2D eigenvalue weighted by molar-refractivity contribution is 7.89. The molecule has 1 N–H and O–H groups in total. The third-order valence-electron chi connectivity index (χ3n) is 5.29. The van der Waals surface area contributed by atoms with Crippen LogP contribution in [0.2, 0.25) is 0 Å². The lowest BCUT2D eigenvalue weighted by atomic mass is 9.97. The largest absolute Gasteiger partial charge is 0.355 e. The van der Waals surface area contributed by atoms with E-state index in [9.17, 15) is 17.6 Å². The SMILES string of the molecule is Cc1noc(C=Cc2cccs2)c1S(=O)(=O)N1CCC(C(=O)Nc2cccc(F)c2)CC1. The number of amides is 1. The Morgan fingerprint density at radius 1 is 1.25 bits per heavy atom. The molecule has 7 nitrogen and oxygen atoms in total. The van der Waals surface area contributed by atoms with Gasteiger partial charge in [0.1, 0.15) is 11.5 Å². The molecule has 0 saturated carbocycles. The minimum absolute atomic E-state index is 0.0490. The van der Waals surface area contributed by atoms with Crippen LogP contribution in [0.15, 0.2) is 51.2 Å². The number of hydrogen-bond donors (Lipinski definition) is 1. The number of nitrogens with zero attached hydrogens (tertiary/aromatic N) is 2. The Kier molecular flexibility index (Phi) is 6.54. The average molecular weight is 476 g/mol. The third kappa shape index (κ3) is 4.82. The molecular weight excluding hydrogens is 453 g/mol. The molecule has 32 heavy (non-hydrogen) atoms. The van der Waals surface area contributed by atoms with E-state index in [1.165, 1.54) is 33.8 Å². The van der Waals surface area contributed by atoms with Crippen LogP contribution in [0.1, 0.15) is 29.2 Å². The Bertz CT molecular complexity index is 1230. The van der Waals surface area contributed by atoms with Crippen molar-refractivity contribution in [1.29, 1.82) is 0 Å². The summed E-state index contributed by atoms with van der Waals surface area (Å²) in [6.07, 6.45) is 4.13. The molecule has 1 saturated heterocycles. The number of carbonyl (C=O) groups is 1. The first-order valence-corrected chi connectivity index (χ1v) is 12.4. The highest BCUT2D eigenvalue weighted by Gasteiger charge is 2.35. The molecule has 1 fully saturated rings. The molecule has 2 aromatic heterocycles. The van der Waals surface area contributed by atoms with Crippen molar-refractivity contribution in [3.05, 3.63) is 63.9 Å². The van der Waals surface area contributed by atoms with Gasteiger partial charge in [-0.3, -0.25) is 4.79 Å². The van der Waals surface area contributed by atoms with Crippen LogP contribution >= 0.6 is 11.3 Å². The average Bonchev–Trinajstić information content (AvgIpc) is 3.42.